The summed E-state index contributed by atoms with van der Waals surface area (Å²) in [5.41, 5.74) is 3.48. The van der Waals surface area contributed by atoms with Crippen molar-refractivity contribution in [3.63, 3.8) is 0 Å². The number of fused-ring (bicyclic) bond motifs is 1. The SMILES string of the molecule is CCNC(=O)[C@H]1O[C@@H](n2cnc3c(NCC4CC4(c4ccccc4)c4ccccc4)ncnc32)[C@H](O)[C@@H]1O. The van der Waals surface area contributed by atoms with Gasteiger partial charge in [-0.25, -0.2) is 15.0 Å². The van der Waals surface area contributed by atoms with Gasteiger partial charge in [0.05, 0.1) is 6.33 Å². The molecule has 5 atom stereocenters. The van der Waals surface area contributed by atoms with Crippen LogP contribution in [-0.2, 0) is 14.9 Å². The summed E-state index contributed by atoms with van der Waals surface area (Å²) in [6, 6.07) is 21.1. The van der Waals surface area contributed by atoms with E-state index in [2.05, 4.69) is 74.1 Å². The molecule has 3 heterocycles. The Morgan fingerprint density at radius 2 is 1.71 bits per heavy atom. The first-order valence-corrected chi connectivity index (χ1v) is 12.9. The molecule has 1 unspecified atom stereocenters. The Bertz CT molecular complexity index is 1390. The van der Waals surface area contributed by atoms with Gasteiger partial charge >= 0.3 is 0 Å². The van der Waals surface area contributed by atoms with Crippen LogP contribution >= 0.6 is 0 Å². The number of anilines is 1. The highest BCUT2D eigenvalue weighted by molar-refractivity contribution is 5.83. The predicted octanol–water partition coefficient (Wildman–Crippen LogP) is 2.00. The molecule has 38 heavy (non-hydrogen) atoms. The molecule has 0 radical (unpaired) electrons. The van der Waals surface area contributed by atoms with Crippen LogP contribution < -0.4 is 10.6 Å². The number of nitrogens with zero attached hydrogens (tertiary/aromatic N) is 4. The Morgan fingerprint density at radius 3 is 2.37 bits per heavy atom. The smallest absolute Gasteiger partial charge is 0.252 e. The lowest BCUT2D eigenvalue weighted by Gasteiger charge is -2.19. The first-order chi connectivity index (χ1) is 18.5. The first kappa shape index (κ1) is 24.5. The van der Waals surface area contributed by atoms with E-state index in [0.717, 1.165) is 6.42 Å². The zero-order chi connectivity index (χ0) is 26.3. The second-order valence-corrected chi connectivity index (χ2v) is 9.85. The van der Waals surface area contributed by atoms with Crippen LogP contribution in [0.2, 0.25) is 0 Å². The number of benzene rings is 2. The first-order valence-electron chi connectivity index (χ1n) is 12.9. The van der Waals surface area contributed by atoms with Crippen molar-refractivity contribution in [1.82, 2.24) is 24.8 Å². The maximum Gasteiger partial charge on any atom is 0.252 e. The molecule has 1 aliphatic heterocycles. The Balaban J connectivity index is 1.23. The fraction of sp³-hybridized carbons (Fsp3) is 0.357. The van der Waals surface area contributed by atoms with Crippen LogP contribution in [0.25, 0.3) is 11.2 Å². The third-order valence-electron chi connectivity index (χ3n) is 7.68. The molecule has 1 saturated heterocycles. The number of rotatable bonds is 8. The number of amides is 1. The molecule has 2 aromatic carbocycles. The number of aliphatic hydroxyl groups is 2. The van der Waals surface area contributed by atoms with E-state index < -0.39 is 30.4 Å². The van der Waals surface area contributed by atoms with E-state index >= 15 is 0 Å². The highest BCUT2D eigenvalue weighted by Gasteiger charge is 2.56. The van der Waals surface area contributed by atoms with Crippen LogP contribution in [0.3, 0.4) is 0 Å². The zero-order valence-corrected chi connectivity index (χ0v) is 20.9. The van der Waals surface area contributed by atoms with Gasteiger partial charge in [-0.2, -0.15) is 0 Å². The minimum absolute atomic E-state index is 0.0625. The number of imidazole rings is 1. The van der Waals surface area contributed by atoms with Gasteiger partial charge in [-0.15, -0.1) is 0 Å². The third kappa shape index (κ3) is 4.01. The van der Waals surface area contributed by atoms with Gasteiger partial charge < -0.3 is 25.6 Å². The van der Waals surface area contributed by atoms with Crippen molar-refractivity contribution in [1.29, 1.82) is 0 Å². The summed E-state index contributed by atoms with van der Waals surface area (Å²) in [6.45, 7) is 2.84. The summed E-state index contributed by atoms with van der Waals surface area (Å²) in [6.07, 6.45) is -0.976. The number of carbonyl (C=O) groups excluding carboxylic acids is 1. The average Bonchev–Trinajstić information content (AvgIpc) is 3.42. The monoisotopic (exact) mass is 514 g/mol. The maximum absolute atomic E-state index is 12.3. The zero-order valence-electron chi connectivity index (χ0n) is 20.9. The predicted molar refractivity (Wildman–Crippen MR) is 140 cm³/mol. The van der Waals surface area contributed by atoms with E-state index in [4.69, 9.17) is 4.74 Å². The third-order valence-corrected chi connectivity index (χ3v) is 7.68. The molecule has 0 spiro atoms. The normalized spacial score (nSPS) is 25.8. The summed E-state index contributed by atoms with van der Waals surface area (Å²) in [5, 5.41) is 27.2. The quantitative estimate of drug-likeness (QED) is 0.281. The molecule has 2 fully saturated rings. The van der Waals surface area contributed by atoms with Crippen LogP contribution in [0.4, 0.5) is 5.82 Å². The molecule has 2 aromatic heterocycles. The second kappa shape index (κ2) is 9.79. The van der Waals surface area contributed by atoms with Gasteiger partial charge in [0.15, 0.2) is 29.3 Å². The summed E-state index contributed by atoms with van der Waals surface area (Å²) in [7, 11) is 0. The molecule has 6 rings (SSSR count). The standard InChI is InChI=1S/C28H30N6O4/c1-2-29-26(37)23-21(35)22(36)27(38-23)34-16-33-20-24(31-15-32-25(20)34)30-14-19-13-28(19,17-9-5-3-6-10-17)18-11-7-4-8-12-18/h3-12,15-16,19,21-23,27,35-36H,2,13-14H2,1H3,(H,29,37)(H,30,31,32)/t19?,21-,22+,23-,27+/m0/s1. The molecule has 10 nitrogen and oxygen atoms in total. The number of aromatic nitrogens is 4. The Labute approximate surface area is 219 Å². The lowest BCUT2D eigenvalue weighted by molar-refractivity contribution is -0.137. The number of ether oxygens (including phenoxy) is 1. The van der Waals surface area contributed by atoms with Crippen LogP contribution in [0.15, 0.2) is 73.3 Å². The van der Waals surface area contributed by atoms with Crippen molar-refractivity contribution in [3.8, 4) is 0 Å². The Morgan fingerprint density at radius 1 is 1.03 bits per heavy atom. The van der Waals surface area contributed by atoms with Crippen molar-refractivity contribution in [3.05, 3.63) is 84.4 Å². The molecule has 2 aliphatic rings. The number of hydrogen-bond acceptors (Lipinski definition) is 8. The van der Waals surface area contributed by atoms with Crippen LogP contribution in [0.1, 0.15) is 30.7 Å². The largest absolute Gasteiger partial charge is 0.387 e. The van der Waals surface area contributed by atoms with E-state index in [9.17, 15) is 15.0 Å². The average molecular weight is 515 g/mol. The Hall–Kier alpha value is -3.86. The molecule has 1 saturated carbocycles. The maximum atomic E-state index is 12.3. The van der Waals surface area contributed by atoms with Crippen molar-refractivity contribution < 1.29 is 19.7 Å². The van der Waals surface area contributed by atoms with Crippen molar-refractivity contribution in [2.75, 3.05) is 18.4 Å². The van der Waals surface area contributed by atoms with Gasteiger partial charge in [0.2, 0.25) is 0 Å². The van der Waals surface area contributed by atoms with Crippen LogP contribution in [0, 0.1) is 5.92 Å². The van der Waals surface area contributed by atoms with Gasteiger partial charge in [0.25, 0.3) is 5.91 Å². The lowest BCUT2D eigenvalue weighted by Crippen LogP contribution is -2.42. The van der Waals surface area contributed by atoms with Crippen molar-refractivity contribution in [2.24, 2.45) is 5.92 Å². The van der Waals surface area contributed by atoms with Gasteiger partial charge in [0, 0.05) is 18.5 Å². The number of carbonyl (C=O) groups is 1. The van der Waals surface area contributed by atoms with Gasteiger partial charge in [0.1, 0.15) is 18.5 Å². The Kier molecular flexibility index (Phi) is 6.30. The molecule has 0 bridgehead atoms. The van der Waals surface area contributed by atoms with Crippen molar-refractivity contribution >= 4 is 22.9 Å². The minimum Gasteiger partial charge on any atom is -0.387 e. The summed E-state index contributed by atoms with van der Waals surface area (Å²) < 4.78 is 7.29. The molecule has 1 aliphatic carbocycles. The molecule has 196 valence electrons. The van der Waals surface area contributed by atoms with E-state index in [1.165, 1.54) is 28.3 Å². The number of aliphatic hydroxyl groups excluding tert-OH is 2. The number of nitrogens with one attached hydrogen (secondary N) is 2. The molecule has 4 aromatic rings. The molecule has 4 N–H and O–H groups in total. The molecule has 10 heteroatoms. The number of likely N-dealkylation sites (N-methyl/N-ethyl adjacent to an activating group) is 1. The van der Waals surface area contributed by atoms with Gasteiger partial charge in [-0.05, 0) is 30.4 Å². The fourth-order valence-electron chi connectivity index (χ4n) is 5.69. The topological polar surface area (TPSA) is 134 Å². The molecular formula is C28H30N6O4. The van der Waals surface area contributed by atoms with Crippen molar-refractivity contribution in [2.45, 2.75) is 43.3 Å². The molecule has 1 amide bonds. The van der Waals surface area contributed by atoms with Gasteiger partial charge in [-0.3, -0.25) is 9.36 Å². The van der Waals surface area contributed by atoms with E-state index in [-0.39, 0.29) is 5.41 Å². The highest BCUT2D eigenvalue weighted by atomic mass is 16.6. The summed E-state index contributed by atoms with van der Waals surface area (Å²) in [4.78, 5) is 25.5. The van der Waals surface area contributed by atoms with E-state index in [0.29, 0.717) is 36.0 Å². The fourth-order valence-corrected chi connectivity index (χ4v) is 5.69. The summed E-state index contributed by atoms with van der Waals surface area (Å²) >= 11 is 0. The van der Waals surface area contributed by atoms with Gasteiger partial charge in [-0.1, -0.05) is 60.7 Å². The highest BCUT2D eigenvalue weighted by Crippen LogP contribution is 2.58. The second-order valence-electron chi connectivity index (χ2n) is 9.85. The minimum atomic E-state index is -1.37. The van der Waals surface area contributed by atoms with E-state index in [1.54, 1.807) is 6.92 Å². The van der Waals surface area contributed by atoms with Crippen LogP contribution in [0.5, 0.6) is 0 Å². The van der Waals surface area contributed by atoms with Crippen LogP contribution in [-0.4, -0.2) is 67.0 Å². The lowest BCUT2D eigenvalue weighted by atomic mass is 9.86. The summed E-state index contributed by atoms with van der Waals surface area (Å²) in [5.74, 6) is 0.448. The number of hydrogen-bond donors (Lipinski definition) is 4. The van der Waals surface area contributed by atoms with E-state index in [1.807, 2.05) is 12.1 Å². The molecular weight excluding hydrogens is 484 g/mol.